The van der Waals surface area contributed by atoms with Gasteiger partial charge in [0, 0.05) is 6.54 Å². The number of carbonyl (C=O) groups is 4. The van der Waals surface area contributed by atoms with Crippen LogP contribution in [0, 0.1) is 5.92 Å². The van der Waals surface area contributed by atoms with Crippen molar-refractivity contribution in [2.75, 3.05) is 6.54 Å². The SMILES string of the molecule is CC(C)C[C@@H](NC(=O)[C@H](CCCNC(=O)OC(C)C)NC(=O)OC(C)(C)C)C(=O)O. The summed E-state index contributed by atoms with van der Waals surface area (Å²) in [6, 6.07) is -2.09. The Hall–Kier alpha value is -2.52. The van der Waals surface area contributed by atoms with Gasteiger partial charge in [-0.15, -0.1) is 0 Å². The quantitative estimate of drug-likeness (QED) is 0.368. The predicted molar refractivity (Wildman–Crippen MR) is 111 cm³/mol. The van der Waals surface area contributed by atoms with Crippen LogP contribution in [0.3, 0.4) is 0 Å². The molecule has 3 amide bonds. The van der Waals surface area contributed by atoms with E-state index in [9.17, 15) is 24.3 Å². The van der Waals surface area contributed by atoms with Gasteiger partial charge < -0.3 is 30.5 Å². The van der Waals surface area contributed by atoms with Crippen molar-refractivity contribution in [2.24, 2.45) is 5.92 Å². The van der Waals surface area contributed by atoms with Gasteiger partial charge in [0.1, 0.15) is 17.7 Å². The van der Waals surface area contributed by atoms with Crippen molar-refractivity contribution < 1.29 is 33.8 Å². The maximum Gasteiger partial charge on any atom is 0.408 e. The van der Waals surface area contributed by atoms with Gasteiger partial charge in [-0.1, -0.05) is 13.8 Å². The van der Waals surface area contributed by atoms with Crippen LogP contribution in [0.25, 0.3) is 0 Å². The third-order valence-corrected chi connectivity index (χ3v) is 3.61. The number of carboxylic acid groups (broad SMARTS) is 1. The minimum atomic E-state index is -1.15. The smallest absolute Gasteiger partial charge is 0.408 e. The molecule has 30 heavy (non-hydrogen) atoms. The lowest BCUT2D eigenvalue weighted by Gasteiger charge is -2.25. The summed E-state index contributed by atoms with van der Waals surface area (Å²) in [4.78, 5) is 47.7. The van der Waals surface area contributed by atoms with E-state index >= 15 is 0 Å². The summed E-state index contributed by atoms with van der Waals surface area (Å²) < 4.78 is 10.1. The van der Waals surface area contributed by atoms with Crippen LogP contribution < -0.4 is 16.0 Å². The van der Waals surface area contributed by atoms with Gasteiger partial charge in [0.25, 0.3) is 0 Å². The molecular formula is C20H37N3O7. The highest BCUT2D eigenvalue weighted by atomic mass is 16.6. The lowest BCUT2D eigenvalue weighted by molar-refractivity contribution is -0.142. The lowest BCUT2D eigenvalue weighted by atomic mass is 10.0. The second kappa shape index (κ2) is 12.9. The monoisotopic (exact) mass is 431 g/mol. The number of carbonyl (C=O) groups excluding carboxylic acids is 3. The highest BCUT2D eigenvalue weighted by Gasteiger charge is 2.28. The fourth-order valence-corrected chi connectivity index (χ4v) is 2.44. The summed E-state index contributed by atoms with van der Waals surface area (Å²) in [5.74, 6) is -1.72. The Morgan fingerprint density at radius 1 is 0.933 bits per heavy atom. The lowest BCUT2D eigenvalue weighted by Crippen LogP contribution is -2.52. The average Bonchev–Trinajstić information content (AvgIpc) is 2.53. The Bertz CT molecular complexity index is 585. The average molecular weight is 432 g/mol. The van der Waals surface area contributed by atoms with E-state index in [1.807, 2.05) is 13.8 Å². The van der Waals surface area contributed by atoms with Gasteiger partial charge in [-0.05, 0) is 59.8 Å². The number of aliphatic carboxylic acids is 1. The molecule has 0 aromatic carbocycles. The van der Waals surface area contributed by atoms with E-state index in [4.69, 9.17) is 9.47 Å². The van der Waals surface area contributed by atoms with Crippen molar-refractivity contribution in [3.8, 4) is 0 Å². The summed E-state index contributed by atoms with van der Waals surface area (Å²) >= 11 is 0. The number of hydrogen-bond donors (Lipinski definition) is 4. The predicted octanol–water partition coefficient (Wildman–Crippen LogP) is 2.41. The Morgan fingerprint density at radius 3 is 2.00 bits per heavy atom. The second-order valence-electron chi connectivity index (χ2n) is 8.75. The molecular weight excluding hydrogens is 394 g/mol. The van der Waals surface area contributed by atoms with Gasteiger partial charge in [-0.2, -0.15) is 0 Å². The highest BCUT2D eigenvalue weighted by Crippen LogP contribution is 2.09. The van der Waals surface area contributed by atoms with E-state index in [1.165, 1.54) is 0 Å². The molecule has 0 spiro atoms. The molecule has 0 aliphatic heterocycles. The van der Waals surface area contributed by atoms with Crippen molar-refractivity contribution in [3.63, 3.8) is 0 Å². The maximum absolute atomic E-state index is 12.7. The van der Waals surface area contributed by atoms with E-state index in [1.54, 1.807) is 34.6 Å². The molecule has 0 unspecified atom stereocenters. The second-order valence-corrected chi connectivity index (χ2v) is 8.75. The Labute approximate surface area is 178 Å². The highest BCUT2D eigenvalue weighted by molar-refractivity contribution is 5.89. The van der Waals surface area contributed by atoms with Crippen LogP contribution in [0.1, 0.15) is 67.7 Å². The van der Waals surface area contributed by atoms with Crippen LogP contribution in [0.15, 0.2) is 0 Å². The summed E-state index contributed by atoms with van der Waals surface area (Å²) in [5, 5.41) is 16.9. The Balaban J connectivity index is 5.00. The zero-order valence-corrected chi connectivity index (χ0v) is 19.0. The van der Waals surface area contributed by atoms with Crippen LogP contribution in [-0.2, 0) is 19.1 Å². The molecule has 0 saturated carbocycles. The van der Waals surface area contributed by atoms with Gasteiger partial charge in [-0.3, -0.25) is 4.79 Å². The third-order valence-electron chi connectivity index (χ3n) is 3.61. The largest absolute Gasteiger partial charge is 0.480 e. The molecule has 0 fully saturated rings. The maximum atomic E-state index is 12.7. The molecule has 10 heteroatoms. The Morgan fingerprint density at radius 2 is 1.53 bits per heavy atom. The first-order valence-electron chi connectivity index (χ1n) is 10.2. The van der Waals surface area contributed by atoms with Crippen LogP contribution >= 0.6 is 0 Å². The molecule has 0 saturated heterocycles. The van der Waals surface area contributed by atoms with Gasteiger partial charge in [-0.25, -0.2) is 14.4 Å². The minimum absolute atomic E-state index is 0.0554. The molecule has 10 nitrogen and oxygen atoms in total. The van der Waals surface area contributed by atoms with Gasteiger partial charge in [0.2, 0.25) is 5.91 Å². The van der Waals surface area contributed by atoms with E-state index in [2.05, 4.69) is 16.0 Å². The third kappa shape index (κ3) is 13.6. The van der Waals surface area contributed by atoms with Crippen LogP contribution in [0.5, 0.6) is 0 Å². The topological polar surface area (TPSA) is 143 Å². The molecule has 0 bridgehead atoms. The Kier molecular flexibility index (Phi) is 11.8. The minimum Gasteiger partial charge on any atom is -0.480 e. The molecule has 0 heterocycles. The van der Waals surface area contributed by atoms with Crippen LogP contribution in [0.2, 0.25) is 0 Å². The van der Waals surface area contributed by atoms with Crippen molar-refractivity contribution in [1.82, 2.24) is 16.0 Å². The van der Waals surface area contributed by atoms with Crippen LogP contribution in [0.4, 0.5) is 9.59 Å². The van der Waals surface area contributed by atoms with Gasteiger partial charge in [0.05, 0.1) is 6.10 Å². The molecule has 174 valence electrons. The number of hydrogen-bond acceptors (Lipinski definition) is 6. The fourth-order valence-electron chi connectivity index (χ4n) is 2.44. The van der Waals surface area contributed by atoms with Crippen molar-refractivity contribution >= 4 is 24.1 Å². The first kappa shape index (κ1) is 27.5. The number of amides is 3. The number of ether oxygens (including phenoxy) is 2. The van der Waals surface area contributed by atoms with Crippen LogP contribution in [-0.4, -0.2) is 59.5 Å². The van der Waals surface area contributed by atoms with E-state index < -0.39 is 41.7 Å². The summed E-state index contributed by atoms with van der Waals surface area (Å²) in [5.41, 5.74) is -0.755. The van der Waals surface area contributed by atoms with Crippen molar-refractivity contribution in [1.29, 1.82) is 0 Å². The number of nitrogens with one attached hydrogen (secondary N) is 3. The molecule has 0 aromatic heterocycles. The number of alkyl carbamates (subject to hydrolysis) is 2. The molecule has 4 N–H and O–H groups in total. The molecule has 0 aromatic rings. The van der Waals surface area contributed by atoms with E-state index in [0.29, 0.717) is 6.42 Å². The van der Waals surface area contributed by atoms with Crippen molar-refractivity contribution in [2.45, 2.75) is 91.5 Å². The molecule has 0 aliphatic carbocycles. The van der Waals surface area contributed by atoms with E-state index in [-0.39, 0.29) is 31.4 Å². The summed E-state index contributed by atoms with van der Waals surface area (Å²) in [6.45, 7) is 12.4. The molecule has 2 atom stereocenters. The normalized spacial score (nSPS) is 13.4. The molecule has 0 rings (SSSR count). The zero-order chi connectivity index (χ0) is 23.5. The summed E-state index contributed by atoms with van der Waals surface area (Å²) in [6.07, 6.45) is -0.849. The first-order valence-corrected chi connectivity index (χ1v) is 10.2. The van der Waals surface area contributed by atoms with Crippen molar-refractivity contribution in [3.05, 3.63) is 0 Å². The number of carboxylic acids is 1. The first-order chi connectivity index (χ1) is 13.7. The molecule has 0 radical (unpaired) electrons. The number of rotatable bonds is 11. The molecule has 0 aliphatic rings. The summed E-state index contributed by atoms with van der Waals surface area (Å²) in [7, 11) is 0. The van der Waals surface area contributed by atoms with E-state index in [0.717, 1.165) is 0 Å². The van der Waals surface area contributed by atoms with Gasteiger partial charge in [0.15, 0.2) is 0 Å². The zero-order valence-electron chi connectivity index (χ0n) is 19.0. The van der Waals surface area contributed by atoms with Gasteiger partial charge >= 0.3 is 18.2 Å². The fraction of sp³-hybridized carbons (Fsp3) is 0.800. The standard InChI is InChI=1S/C20H37N3O7/c1-12(2)11-15(17(25)26)22-16(24)14(23-19(28)30-20(5,6)7)9-8-10-21-18(27)29-13(3)4/h12-15H,8-11H2,1-7H3,(H,21,27)(H,22,24)(H,23,28)(H,25,26)/t14-,15+/m0/s1.